The smallest absolute Gasteiger partial charge is 0.194 e. The molecule has 0 radical (unpaired) electrons. The number of likely N-dealkylation sites (N-methyl/N-ethyl adjacent to an activating group) is 1. The van der Waals surface area contributed by atoms with Crippen LogP contribution in [0, 0.1) is 0 Å². The zero-order valence-electron chi connectivity index (χ0n) is 16.7. The van der Waals surface area contributed by atoms with E-state index in [-0.39, 0.29) is 29.7 Å². The first-order chi connectivity index (χ1) is 11.8. The van der Waals surface area contributed by atoms with Gasteiger partial charge in [-0.15, -0.1) is 24.0 Å². The summed E-state index contributed by atoms with van der Waals surface area (Å²) in [7, 11) is -3.03. The van der Waals surface area contributed by atoms with Gasteiger partial charge in [-0.3, -0.25) is 9.89 Å². The van der Waals surface area contributed by atoms with E-state index in [1.807, 2.05) is 20.8 Å². The molecule has 0 aromatic rings. The van der Waals surface area contributed by atoms with Crippen LogP contribution in [0.25, 0.3) is 0 Å². The second kappa shape index (κ2) is 10.4. The highest BCUT2D eigenvalue weighted by Gasteiger charge is 2.40. The number of nitrogens with zero attached hydrogens (tertiary/aromatic N) is 4. The minimum atomic E-state index is -3.03. The van der Waals surface area contributed by atoms with Crippen LogP contribution in [-0.2, 0) is 9.84 Å². The Kier molecular flexibility index (Phi) is 9.59. The zero-order valence-corrected chi connectivity index (χ0v) is 19.8. The first-order valence-electron chi connectivity index (χ1n) is 9.49. The van der Waals surface area contributed by atoms with Gasteiger partial charge in [-0.2, -0.15) is 0 Å². The van der Waals surface area contributed by atoms with Crippen molar-refractivity contribution in [3.63, 3.8) is 0 Å². The van der Waals surface area contributed by atoms with E-state index in [4.69, 9.17) is 4.99 Å². The molecule has 2 heterocycles. The molecule has 0 aromatic carbocycles. The molecule has 0 unspecified atom stereocenters. The first kappa shape index (κ1) is 23.9. The summed E-state index contributed by atoms with van der Waals surface area (Å²) in [4.78, 5) is 11.8. The van der Waals surface area contributed by atoms with Gasteiger partial charge >= 0.3 is 0 Å². The molecule has 9 heteroatoms. The van der Waals surface area contributed by atoms with E-state index in [0.29, 0.717) is 13.1 Å². The van der Waals surface area contributed by atoms with Gasteiger partial charge in [0.1, 0.15) is 0 Å². The van der Waals surface area contributed by atoms with Crippen molar-refractivity contribution in [3.05, 3.63) is 0 Å². The maximum absolute atomic E-state index is 12.2. The molecular weight excluding hydrogens is 465 g/mol. The number of hydrogen-bond acceptors (Lipinski definition) is 5. The average molecular weight is 501 g/mol. The van der Waals surface area contributed by atoms with Gasteiger partial charge in [0.2, 0.25) is 0 Å². The Bertz CT molecular complexity index is 560. The lowest BCUT2D eigenvalue weighted by atomic mass is 10.2. The van der Waals surface area contributed by atoms with Crippen molar-refractivity contribution >= 4 is 39.8 Å². The lowest BCUT2D eigenvalue weighted by molar-refractivity contribution is 0.140. The number of nitrogens with one attached hydrogen (secondary N) is 1. The molecule has 7 nitrogen and oxygen atoms in total. The van der Waals surface area contributed by atoms with E-state index in [1.54, 1.807) is 0 Å². The molecule has 2 saturated heterocycles. The van der Waals surface area contributed by atoms with Gasteiger partial charge in [-0.25, -0.2) is 8.42 Å². The number of hydrogen-bond donors (Lipinski definition) is 1. The van der Waals surface area contributed by atoms with Gasteiger partial charge in [-0.1, -0.05) is 6.92 Å². The molecule has 1 N–H and O–H groups in total. The Balaban J connectivity index is 0.00000338. The zero-order chi connectivity index (χ0) is 18.5. The molecule has 2 aliphatic rings. The summed E-state index contributed by atoms with van der Waals surface area (Å²) < 4.78 is 23.7. The van der Waals surface area contributed by atoms with Crippen molar-refractivity contribution < 1.29 is 8.42 Å². The molecular formula is C17H36IN5O2S. The van der Waals surface area contributed by atoms with Crippen molar-refractivity contribution in [2.75, 3.05) is 71.2 Å². The van der Waals surface area contributed by atoms with Gasteiger partial charge < -0.3 is 15.1 Å². The second-order valence-corrected chi connectivity index (χ2v) is 10.3. The van der Waals surface area contributed by atoms with E-state index in [2.05, 4.69) is 26.9 Å². The maximum Gasteiger partial charge on any atom is 0.194 e. The number of guanidine groups is 1. The maximum atomic E-state index is 12.2. The monoisotopic (exact) mass is 501 g/mol. The van der Waals surface area contributed by atoms with Gasteiger partial charge in [-0.05, 0) is 27.3 Å². The number of sulfone groups is 1. The molecule has 0 aliphatic carbocycles. The van der Waals surface area contributed by atoms with Crippen molar-refractivity contribution in [1.82, 2.24) is 20.0 Å². The Hall–Kier alpha value is -0.130. The van der Waals surface area contributed by atoms with Crippen LogP contribution >= 0.6 is 24.0 Å². The van der Waals surface area contributed by atoms with Crippen molar-refractivity contribution in [2.24, 2.45) is 4.99 Å². The van der Waals surface area contributed by atoms with Gasteiger partial charge in [0.25, 0.3) is 0 Å². The van der Waals surface area contributed by atoms with E-state index >= 15 is 0 Å². The summed E-state index contributed by atoms with van der Waals surface area (Å²) in [6.07, 6.45) is 0. The first-order valence-corrected chi connectivity index (χ1v) is 11.1. The van der Waals surface area contributed by atoms with Crippen LogP contribution in [0.15, 0.2) is 4.99 Å². The van der Waals surface area contributed by atoms with Crippen LogP contribution in [-0.4, -0.2) is 105 Å². The SMILES string of the molecule is CCNC(=NCCN1CCN(CC)CC1)N1CCS(=O)(=O)C(C)(C)C1.I. The standard InChI is InChI=1S/C17H35N5O2S.HI/c1-5-18-16(22-13-14-25(23,24)17(3,4)15-22)19-7-8-21-11-9-20(6-2)10-12-21;/h5-15H2,1-4H3,(H,18,19);1H. The summed E-state index contributed by atoms with van der Waals surface area (Å²) in [5.41, 5.74) is 0. The molecule has 2 aliphatic heterocycles. The van der Waals surface area contributed by atoms with Gasteiger partial charge in [0.05, 0.1) is 17.0 Å². The van der Waals surface area contributed by atoms with Crippen molar-refractivity contribution in [2.45, 2.75) is 32.4 Å². The molecule has 0 spiro atoms. The highest BCUT2D eigenvalue weighted by molar-refractivity contribution is 14.0. The fourth-order valence-electron chi connectivity index (χ4n) is 3.38. The van der Waals surface area contributed by atoms with E-state index in [9.17, 15) is 8.42 Å². The summed E-state index contributed by atoms with van der Waals surface area (Å²) in [5, 5.41) is 3.33. The minimum Gasteiger partial charge on any atom is -0.357 e. The normalized spacial score (nSPS) is 24.2. The molecule has 0 atom stereocenters. The number of halogens is 1. The van der Waals surface area contributed by atoms with Crippen molar-refractivity contribution in [1.29, 1.82) is 0 Å². The fourth-order valence-corrected chi connectivity index (χ4v) is 4.74. The molecule has 0 aromatic heterocycles. The Morgan fingerprint density at radius 3 is 2.23 bits per heavy atom. The minimum absolute atomic E-state index is 0. The summed E-state index contributed by atoms with van der Waals surface area (Å²) in [6.45, 7) is 17.0. The highest BCUT2D eigenvalue weighted by atomic mass is 127. The summed E-state index contributed by atoms with van der Waals surface area (Å²) in [6, 6.07) is 0. The third-order valence-corrected chi connectivity index (χ3v) is 7.80. The number of piperazine rings is 1. The number of rotatable bonds is 5. The Labute approximate surface area is 176 Å². The molecule has 154 valence electrons. The van der Waals surface area contributed by atoms with Crippen LogP contribution in [0.3, 0.4) is 0 Å². The topological polar surface area (TPSA) is 68.2 Å². The molecule has 2 rings (SSSR count). The quantitative estimate of drug-likeness (QED) is 0.340. The molecule has 0 amide bonds. The molecule has 0 bridgehead atoms. The lowest BCUT2D eigenvalue weighted by Crippen LogP contribution is -2.57. The Morgan fingerprint density at radius 1 is 1.08 bits per heavy atom. The molecule has 0 saturated carbocycles. The third kappa shape index (κ3) is 6.20. The summed E-state index contributed by atoms with van der Waals surface area (Å²) in [5.74, 6) is 1.04. The van der Waals surface area contributed by atoms with Crippen LogP contribution in [0.5, 0.6) is 0 Å². The van der Waals surface area contributed by atoms with Gasteiger partial charge in [0, 0.05) is 52.4 Å². The lowest BCUT2D eigenvalue weighted by Gasteiger charge is -2.39. The predicted octanol–water partition coefficient (Wildman–Crippen LogP) is 0.716. The molecule has 26 heavy (non-hydrogen) atoms. The average Bonchev–Trinajstić information content (AvgIpc) is 2.57. The van der Waals surface area contributed by atoms with Crippen LogP contribution < -0.4 is 5.32 Å². The van der Waals surface area contributed by atoms with Crippen LogP contribution in [0.4, 0.5) is 0 Å². The van der Waals surface area contributed by atoms with E-state index in [1.165, 1.54) is 0 Å². The van der Waals surface area contributed by atoms with Crippen LogP contribution in [0.2, 0.25) is 0 Å². The van der Waals surface area contributed by atoms with Gasteiger partial charge in [0.15, 0.2) is 15.8 Å². The Morgan fingerprint density at radius 2 is 1.69 bits per heavy atom. The fraction of sp³-hybridized carbons (Fsp3) is 0.941. The summed E-state index contributed by atoms with van der Waals surface area (Å²) >= 11 is 0. The second-order valence-electron chi connectivity index (χ2n) is 7.51. The van der Waals surface area contributed by atoms with Crippen LogP contribution in [0.1, 0.15) is 27.7 Å². The largest absolute Gasteiger partial charge is 0.357 e. The molecule has 2 fully saturated rings. The number of aliphatic imine (C=N–C) groups is 1. The van der Waals surface area contributed by atoms with Crippen molar-refractivity contribution in [3.8, 4) is 0 Å². The van der Waals surface area contributed by atoms with E-state index in [0.717, 1.165) is 58.3 Å². The third-order valence-electron chi connectivity index (χ3n) is 5.27. The predicted molar refractivity (Wildman–Crippen MR) is 119 cm³/mol. The highest BCUT2D eigenvalue weighted by Crippen LogP contribution is 2.23. The van der Waals surface area contributed by atoms with E-state index < -0.39 is 14.6 Å².